The van der Waals surface area contributed by atoms with Crippen molar-refractivity contribution in [2.24, 2.45) is 0 Å². The van der Waals surface area contributed by atoms with E-state index in [4.69, 9.17) is 0 Å². The first-order valence-electron chi connectivity index (χ1n) is 10.6. The van der Waals surface area contributed by atoms with Crippen molar-refractivity contribution in [3.05, 3.63) is 59.8 Å². The second kappa shape index (κ2) is 9.20. The van der Waals surface area contributed by atoms with Gasteiger partial charge in [-0.3, -0.25) is 9.69 Å². The zero-order valence-corrected chi connectivity index (χ0v) is 16.5. The smallest absolute Gasteiger partial charge is 0.254 e. The highest BCUT2D eigenvalue weighted by molar-refractivity contribution is 5.94. The summed E-state index contributed by atoms with van der Waals surface area (Å²) >= 11 is 0. The molecule has 0 radical (unpaired) electrons. The van der Waals surface area contributed by atoms with E-state index in [9.17, 15) is 4.79 Å². The molecular weight excluding hydrogens is 348 g/mol. The van der Waals surface area contributed by atoms with Crippen LogP contribution in [0.15, 0.2) is 48.7 Å². The van der Waals surface area contributed by atoms with E-state index < -0.39 is 0 Å². The van der Waals surface area contributed by atoms with Gasteiger partial charge in [-0.2, -0.15) is 0 Å². The van der Waals surface area contributed by atoms with E-state index >= 15 is 0 Å². The SMILES string of the molecule is O=C(c1ccnc(NC2CCCCC2)c1)N1CCN(Cc2ccccc2)CC1. The van der Waals surface area contributed by atoms with E-state index in [1.807, 2.05) is 23.1 Å². The highest BCUT2D eigenvalue weighted by Crippen LogP contribution is 2.21. The second-order valence-electron chi connectivity index (χ2n) is 7.96. The number of nitrogens with one attached hydrogen (secondary N) is 1. The summed E-state index contributed by atoms with van der Waals surface area (Å²) in [6, 6.07) is 14.8. The van der Waals surface area contributed by atoms with Crippen molar-refractivity contribution in [3.8, 4) is 0 Å². The molecule has 1 aromatic carbocycles. The number of anilines is 1. The zero-order valence-electron chi connectivity index (χ0n) is 16.5. The summed E-state index contributed by atoms with van der Waals surface area (Å²) in [7, 11) is 0. The predicted molar refractivity (Wildman–Crippen MR) is 112 cm³/mol. The van der Waals surface area contributed by atoms with Crippen LogP contribution in [0.25, 0.3) is 0 Å². The van der Waals surface area contributed by atoms with Gasteiger partial charge in [-0.05, 0) is 30.5 Å². The Balaban J connectivity index is 1.31. The fraction of sp³-hybridized carbons (Fsp3) is 0.478. The van der Waals surface area contributed by atoms with Crippen LogP contribution in [-0.4, -0.2) is 52.9 Å². The number of nitrogens with zero attached hydrogens (tertiary/aromatic N) is 3. The minimum absolute atomic E-state index is 0.119. The normalized spacial score (nSPS) is 18.8. The molecule has 0 atom stereocenters. The average molecular weight is 379 g/mol. The molecule has 2 aliphatic rings. The van der Waals surface area contributed by atoms with E-state index in [1.165, 1.54) is 37.7 Å². The molecule has 0 bridgehead atoms. The minimum Gasteiger partial charge on any atom is -0.367 e. The van der Waals surface area contributed by atoms with Crippen molar-refractivity contribution in [3.63, 3.8) is 0 Å². The maximum Gasteiger partial charge on any atom is 0.254 e. The molecule has 0 unspecified atom stereocenters. The van der Waals surface area contributed by atoms with Crippen molar-refractivity contribution in [2.75, 3.05) is 31.5 Å². The van der Waals surface area contributed by atoms with Gasteiger partial charge in [0.25, 0.3) is 5.91 Å². The molecule has 1 amide bonds. The maximum absolute atomic E-state index is 13.0. The van der Waals surface area contributed by atoms with Crippen LogP contribution in [0.5, 0.6) is 0 Å². The molecule has 1 saturated heterocycles. The van der Waals surface area contributed by atoms with E-state index in [-0.39, 0.29) is 5.91 Å². The topological polar surface area (TPSA) is 48.5 Å². The maximum atomic E-state index is 13.0. The minimum atomic E-state index is 0.119. The number of amides is 1. The van der Waals surface area contributed by atoms with Crippen molar-refractivity contribution < 1.29 is 4.79 Å². The number of aromatic nitrogens is 1. The summed E-state index contributed by atoms with van der Waals surface area (Å²) < 4.78 is 0. The van der Waals surface area contributed by atoms with Gasteiger partial charge in [0.2, 0.25) is 0 Å². The number of benzene rings is 1. The lowest BCUT2D eigenvalue weighted by atomic mass is 9.95. The lowest BCUT2D eigenvalue weighted by Gasteiger charge is -2.34. The molecule has 1 aliphatic heterocycles. The number of hydrogen-bond acceptors (Lipinski definition) is 4. The van der Waals surface area contributed by atoms with Gasteiger partial charge < -0.3 is 10.2 Å². The Kier molecular flexibility index (Phi) is 6.22. The van der Waals surface area contributed by atoms with Crippen LogP contribution in [0.4, 0.5) is 5.82 Å². The Hall–Kier alpha value is -2.40. The third-order valence-electron chi connectivity index (χ3n) is 5.87. The first kappa shape index (κ1) is 18.9. The monoisotopic (exact) mass is 378 g/mol. The van der Waals surface area contributed by atoms with Crippen molar-refractivity contribution in [2.45, 2.75) is 44.7 Å². The van der Waals surface area contributed by atoms with Crippen LogP contribution >= 0.6 is 0 Å². The summed E-state index contributed by atoms with van der Waals surface area (Å²) in [5.74, 6) is 0.953. The molecule has 2 aromatic rings. The van der Waals surface area contributed by atoms with E-state index in [0.717, 1.165) is 44.1 Å². The molecule has 0 spiro atoms. The van der Waals surface area contributed by atoms with Gasteiger partial charge in [0.1, 0.15) is 5.82 Å². The summed E-state index contributed by atoms with van der Waals surface area (Å²) in [4.78, 5) is 21.8. The van der Waals surface area contributed by atoms with Crippen LogP contribution in [0.3, 0.4) is 0 Å². The summed E-state index contributed by atoms with van der Waals surface area (Å²) in [5, 5.41) is 3.52. The molecule has 2 fully saturated rings. The van der Waals surface area contributed by atoms with E-state index in [2.05, 4.69) is 39.5 Å². The van der Waals surface area contributed by atoms with E-state index in [1.54, 1.807) is 6.20 Å². The highest BCUT2D eigenvalue weighted by Gasteiger charge is 2.23. The molecule has 1 aromatic heterocycles. The van der Waals surface area contributed by atoms with Gasteiger partial charge in [0, 0.05) is 50.5 Å². The van der Waals surface area contributed by atoms with Gasteiger partial charge in [0.05, 0.1) is 0 Å². The van der Waals surface area contributed by atoms with Crippen LogP contribution in [0.1, 0.15) is 48.0 Å². The van der Waals surface area contributed by atoms with Gasteiger partial charge >= 0.3 is 0 Å². The Labute approximate surface area is 167 Å². The Bertz CT molecular complexity index is 765. The fourth-order valence-corrected chi connectivity index (χ4v) is 4.23. The fourth-order valence-electron chi connectivity index (χ4n) is 4.23. The molecular formula is C23H30N4O. The second-order valence-corrected chi connectivity index (χ2v) is 7.96. The molecule has 1 aliphatic carbocycles. The average Bonchev–Trinajstić information content (AvgIpc) is 2.75. The Morgan fingerprint density at radius 1 is 1.00 bits per heavy atom. The quantitative estimate of drug-likeness (QED) is 0.860. The van der Waals surface area contributed by atoms with Gasteiger partial charge in [0.15, 0.2) is 0 Å². The van der Waals surface area contributed by atoms with Crippen LogP contribution in [0, 0.1) is 0 Å². The lowest BCUT2D eigenvalue weighted by molar-refractivity contribution is 0.0628. The molecule has 4 rings (SSSR count). The first-order valence-corrected chi connectivity index (χ1v) is 10.6. The summed E-state index contributed by atoms with van der Waals surface area (Å²) in [6.45, 7) is 4.34. The third-order valence-corrected chi connectivity index (χ3v) is 5.87. The summed E-state index contributed by atoms with van der Waals surface area (Å²) in [6.07, 6.45) is 8.05. The van der Waals surface area contributed by atoms with E-state index in [0.29, 0.717) is 6.04 Å². The number of carbonyl (C=O) groups excluding carboxylic acids is 1. The first-order chi connectivity index (χ1) is 13.8. The van der Waals surface area contributed by atoms with Crippen molar-refractivity contribution in [1.82, 2.24) is 14.8 Å². The van der Waals surface area contributed by atoms with Crippen LogP contribution < -0.4 is 5.32 Å². The molecule has 5 nitrogen and oxygen atoms in total. The standard InChI is InChI=1S/C23H30N4O/c28-23(20-11-12-24-22(17-20)25-21-9-5-2-6-10-21)27-15-13-26(14-16-27)18-19-7-3-1-4-8-19/h1,3-4,7-8,11-12,17,21H,2,5-6,9-10,13-16,18H2,(H,24,25). The molecule has 148 valence electrons. The number of carbonyl (C=O) groups is 1. The lowest BCUT2D eigenvalue weighted by Crippen LogP contribution is -2.48. The Morgan fingerprint density at radius 2 is 1.75 bits per heavy atom. The molecule has 2 heterocycles. The Morgan fingerprint density at radius 3 is 2.50 bits per heavy atom. The molecule has 5 heteroatoms. The van der Waals surface area contributed by atoms with Crippen LogP contribution in [0.2, 0.25) is 0 Å². The number of pyridine rings is 1. The van der Waals surface area contributed by atoms with Crippen molar-refractivity contribution >= 4 is 11.7 Å². The van der Waals surface area contributed by atoms with Gasteiger partial charge in [-0.1, -0.05) is 49.6 Å². The largest absolute Gasteiger partial charge is 0.367 e. The molecule has 1 N–H and O–H groups in total. The summed E-state index contributed by atoms with van der Waals surface area (Å²) in [5.41, 5.74) is 2.07. The highest BCUT2D eigenvalue weighted by atomic mass is 16.2. The number of rotatable bonds is 5. The van der Waals surface area contributed by atoms with Crippen LogP contribution in [-0.2, 0) is 6.54 Å². The number of piperazine rings is 1. The molecule has 1 saturated carbocycles. The van der Waals surface area contributed by atoms with Gasteiger partial charge in [-0.15, -0.1) is 0 Å². The zero-order chi connectivity index (χ0) is 19.2. The number of hydrogen-bond donors (Lipinski definition) is 1. The van der Waals surface area contributed by atoms with Crippen molar-refractivity contribution in [1.29, 1.82) is 0 Å². The third kappa shape index (κ3) is 4.90. The molecule has 28 heavy (non-hydrogen) atoms. The predicted octanol–water partition coefficient (Wildman–Crippen LogP) is 3.78. The van der Waals surface area contributed by atoms with Gasteiger partial charge in [-0.25, -0.2) is 4.98 Å².